The van der Waals surface area contributed by atoms with E-state index in [1.807, 2.05) is 0 Å². The summed E-state index contributed by atoms with van der Waals surface area (Å²) < 4.78 is 51.6. The van der Waals surface area contributed by atoms with Crippen molar-refractivity contribution in [2.24, 2.45) is 0 Å². The molecular formula is C26H17FN4O4S. The molecule has 0 aliphatic rings. The molecule has 0 saturated carbocycles. The zero-order valence-electron chi connectivity index (χ0n) is 18.8. The van der Waals surface area contributed by atoms with Crippen LogP contribution in [-0.4, -0.2) is 25.7 Å². The zero-order valence-corrected chi connectivity index (χ0v) is 19.6. The smallest absolute Gasteiger partial charge is 0.263 e. The molecule has 0 amide bonds. The van der Waals surface area contributed by atoms with E-state index in [9.17, 15) is 18.1 Å². The molecule has 0 atom stereocenters. The fourth-order valence-electron chi connectivity index (χ4n) is 3.89. The van der Waals surface area contributed by atoms with Crippen LogP contribution in [0.4, 0.5) is 10.2 Å². The van der Waals surface area contributed by atoms with Crippen LogP contribution in [0.25, 0.3) is 33.2 Å². The van der Waals surface area contributed by atoms with Gasteiger partial charge in [-0.05, 0) is 53.4 Å². The number of aromatic nitrogens is 2. The number of fused-ring (bicyclic) bond motifs is 1. The van der Waals surface area contributed by atoms with Gasteiger partial charge in [0.15, 0.2) is 5.82 Å². The Bertz CT molecular complexity index is 1730. The van der Waals surface area contributed by atoms with Crippen LogP contribution >= 0.6 is 0 Å². The van der Waals surface area contributed by atoms with Crippen molar-refractivity contribution >= 4 is 26.6 Å². The molecule has 0 aliphatic heterocycles. The second kappa shape index (κ2) is 9.13. The Kier molecular flexibility index (Phi) is 5.83. The molecule has 5 rings (SSSR count). The summed E-state index contributed by atoms with van der Waals surface area (Å²) in [6, 6.07) is 19.1. The highest BCUT2D eigenvalue weighted by molar-refractivity contribution is 7.92. The first-order chi connectivity index (χ1) is 17.4. The molecule has 0 fully saturated rings. The van der Waals surface area contributed by atoms with Gasteiger partial charge in [0, 0.05) is 28.8 Å². The number of nitrogens with one attached hydrogen (secondary N) is 1. The van der Waals surface area contributed by atoms with Gasteiger partial charge in [-0.1, -0.05) is 23.4 Å². The first-order valence-electron chi connectivity index (χ1n) is 10.6. The third kappa shape index (κ3) is 4.23. The van der Waals surface area contributed by atoms with Gasteiger partial charge in [0.1, 0.15) is 17.8 Å². The van der Waals surface area contributed by atoms with Crippen LogP contribution in [0.15, 0.2) is 88.6 Å². The fourth-order valence-corrected chi connectivity index (χ4v) is 4.92. The Morgan fingerprint density at radius 3 is 2.53 bits per heavy atom. The van der Waals surface area contributed by atoms with Crippen LogP contribution in [-0.2, 0) is 10.0 Å². The summed E-state index contributed by atoms with van der Waals surface area (Å²) in [7, 11) is -2.40. The van der Waals surface area contributed by atoms with E-state index in [0.717, 1.165) is 0 Å². The molecule has 0 unspecified atom stereocenters. The van der Waals surface area contributed by atoms with Gasteiger partial charge in [-0.2, -0.15) is 5.26 Å². The van der Waals surface area contributed by atoms with E-state index in [1.54, 1.807) is 42.6 Å². The lowest BCUT2D eigenvalue weighted by Gasteiger charge is -2.15. The molecule has 178 valence electrons. The molecule has 0 bridgehead atoms. The molecule has 3 aromatic carbocycles. The average Bonchev–Trinajstić information content (AvgIpc) is 3.40. The zero-order chi connectivity index (χ0) is 25.3. The van der Waals surface area contributed by atoms with E-state index >= 15 is 0 Å². The third-order valence-electron chi connectivity index (χ3n) is 5.59. The second-order valence-electron chi connectivity index (χ2n) is 7.75. The van der Waals surface area contributed by atoms with Crippen LogP contribution in [0.2, 0.25) is 0 Å². The molecule has 2 heterocycles. The second-order valence-corrected chi connectivity index (χ2v) is 9.43. The Labute approximate surface area is 205 Å². The van der Waals surface area contributed by atoms with Crippen molar-refractivity contribution in [3.63, 3.8) is 0 Å². The molecule has 36 heavy (non-hydrogen) atoms. The monoisotopic (exact) mass is 500 g/mol. The molecule has 0 aliphatic carbocycles. The summed E-state index contributed by atoms with van der Waals surface area (Å²) in [4.78, 5) is 4.54. The van der Waals surface area contributed by atoms with E-state index in [2.05, 4.69) is 25.5 Å². The third-order valence-corrected chi connectivity index (χ3v) is 6.95. The molecule has 8 nitrogen and oxygen atoms in total. The van der Waals surface area contributed by atoms with Crippen LogP contribution in [0.5, 0.6) is 5.75 Å². The van der Waals surface area contributed by atoms with Gasteiger partial charge in [-0.15, -0.1) is 0 Å². The fraction of sp³-hybridized carbons (Fsp3) is 0.0385. The van der Waals surface area contributed by atoms with Crippen LogP contribution in [0.3, 0.4) is 0 Å². The van der Waals surface area contributed by atoms with E-state index in [-0.39, 0.29) is 16.5 Å². The highest BCUT2D eigenvalue weighted by atomic mass is 32.2. The van der Waals surface area contributed by atoms with Crippen molar-refractivity contribution in [2.75, 3.05) is 11.8 Å². The maximum Gasteiger partial charge on any atom is 0.263 e. The molecule has 0 saturated heterocycles. The number of rotatable bonds is 6. The number of pyridine rings is 1. The number of anilines is 1. The van der Waals surface area contributed by atoms with Crippen molar-refractivity contribution in [2.45, 2.75) is 4.90 Å². The number of nitrogens with zero attached hydrogens (tertiary/aromatic N) is 3. The molecule has 0 spiro atoms. The molecule has 2 aromatic heterocycles. The van der Waals surface area contributed by atoms with Gasteiger partial charge >= 0.3 is 0 Å². The Balaban J connectivity index is 1.62. The summed E-state index contributed by atoms with van der Waals surface area (Å²) in [5.74, 6) is 0.150. The number of ether oxygens (including phenoxy) is 1. The quantitative estimate of drug-likeness (QED) is 0.333. The number of nitriles is 1. The normalized spacial score (nSPS) is 11.2. The van der Waals surface area contributed by atoms with Gasteiger partial charge in [-0.3, -0.25) is 9.71 Å². The van der Waals surface area contributed by atoms with E-state index in [1.165, 1.54) is 43.7 Å². The summed E-state index contributed by atoms with van der Waals surface area (Å²) in [5, 5.41) is 14.7. The van der Waals surface area contributed by atoms with Gasteiger partial charge in [-0.25, -0.2) is 12.8 Å². The SMILES string of the molecule is COc1cc(-c2ccc(F)cc2)c(C#N)cc1-c1nccc2cc(S(=O)(=O)Nc3ccon3)ccc12. The number of halogens is 1. The number of benzene rings is 3. The first kappa shape index (κ1) is 23.0. The van der Waals surface area contributed by atoms with Gasteiger partial charge in [0.2, 0.25) is 0 Å². The summed E-state index contributed by atoms with van der Waals surface area (Å²) in [5.41, 5.74) is 2.68. The van der Waals surface area contributed by atoms with E-state index < -0.39 is 10.0 Å². The highest BCUT2D eigenvalue weighted by Crippen LogP contribution is 2.39. The highest BCUT2D eigenvalue weighted by Gasteiger charge is 2.20. The number of hydrogen-bond acceptors (Lipinski definition) is 7. The molecule has 10 heteroatoms. The van der Waals surface area contributed by atoms with Gasteiger partial charge in [0.05, 0.1) is 29.3 Å². The van der Waals surface area contributed by atoms with Crippen LogP contribution in [0.1, 0.15) is 5.56 Å². The number of hydrogen-bond donors (Lipinski definition) is 1. The minimum absolute atomic E-state index is 0.0338. The predicted octanol–water partition coefficient (Wildman–Crippen LogP) is 5.38. The molecule has 1 N–H and O–H groups in total. The minimum Gasteiger partial charge on any atom is -0.496 e. The number of sulfonamides is 1. The van der Waals surface area contributed by atoms with Crippen molar-refractivity contribution in [3.05, 3.63) is 90.6 Å². The van der Waals surface area contributed by atoms with E-state index in [0.29, 0.717) is 44.5 Å². The van der Waals surface area contributed by atoms with Crippen LogP contribution in [0, 0.1) is 17.1 Å². The Morgan fingerprint density at radius 2 is 1.83 bits per heavy atom. The van der Waals surface area contributed by atoms with Crippen molar-refractivity contribution in [1.29, 1.82) is 5.26 Å². The minimum atomic E-state index is -3.90. The van der Waals surface area contributed by atoms with Gasteiger partial charge in [0.25, 0.3) is 10.0 Å². The van der Waals surface area contributed by atoms with Crippen molar-refractivity contribution in [3.8, 4) is 34.2 Å². The summed E-state index contributed by atoms with van der Waals surface area (Å²) in [6.07, 6.45) is 2.82. The molecular weight excluding hydrogens is 483 g/mol. The van der Waals surface area contributed by atoms with Crippen molar-refractivity contribution < 1.29 is 22.1 Å². The lowest BCUT2D eigenvalue weighted by molar-refractivity contribution is 0.416. The standard InChI is InChI=1S/C26H17FN4O4S/c1-34-24-14-22(16-2-4-19(27)5-3-16)18(15-28)13-23(24)26-21-7-6-20(12-17(21)8-10-29-26)36(32,33)31-25-9-11-35-30-25/h2-14H,1H3,(H,30,31). The number of methoxy groups -OCH3 is 1. The predicted molar refractivity (Wildman–Crippen MR) is 131 cm³/mol. The Hall–Kier alpha value is -4.75. The molecule has 5 aromatic rings. The Morgan fingerprint density at radius 1 is 1.03 bits per heavy atom. The van der Waals surface area contributed by atoms with E-state index in [4.69, 9.17) is 4.74 Å². The summed E-state index contributed by atoms with van der Waals surface area (Å²) >= 11 is 0. The molecule has 0 radical (unpaired) electrons. The summed E-state index contributed by atoms with van der Waals surface area (Å²) in [6.45, 7) is 0. The largest absolute Gasteiger partial charge is 0.496 e. The lowest BCUT2D eigenvalue weighted by atomic mass is 9.94. The first-order valence-corrected chi connectivity index (χ1v) is 12.1. The maximum absolute atomic E-state index is 13.4. The average molecular weight is 501 g/mol. The van der Waals surface area contributed by atoms with Crippen molar-refractivity contribution in [1.82, 2.24) is 10.1 Å². The van der Waals surface area contributed by atoms with Gasteiger partial charge < -0.3 is 9.26 Å². The topological polar surface area (TPSA) is 118 Å². The maximum atomic E-state index is 13.4. The lowest BCUT2D eigenvalue weighted by Crippen LogP contribution is -2.13. The van der Waals surface area contributed by atoms with Crippen LogP contribution < -0.4 is 9.46 Å².